The molecular weight excluding hydrogens is 230 g/mol. The van der Waals surface area contributed by atoms with Gasteiger partial charge < -0.3 is 0 Å². The van der Waals surface area contributed by atoms with Gasteiger partial charge in [-0.25, -0.2) is 8.78 Å². The Morgan fingerprint density at radius 2 is 1.61 bits per heavy atom. The van der Waals surface area contributed by atoms with Crippen LogP contribution in [0.15, 0.2) is 48.5 Å². The van der Waals surface area contributed by atoms with Crippen molar-refractivity contribution in [3.05, 3.63) is 78.2 Å². The molecule has 1 radical (unpaired) electrons. The van der Waals surface area contributed by atoms with Crippen LogP contribution in [0.2, 0.25) is 0 Å². The first-order valence-electron chi connectivity index (χ1n) is 5.99. The Morgan fingerprint density at radius 3 is 2.22 bits per heavy atom. The van der Waals surface area contributed by atoms with E-state index in [1.807, 2.05) is 6.07 Å². The monoisotopic (exact) mass is 245 g/mol. The van der Waals surface area contributed by atoms with Gasteiger partial charge in [-0.3, -0.25) is 0 Å². The Hall–Kier alpha value is -1.70. The van der Waals surface area contributed by atoms with Gasteiger partial charge in [-0.2, -0.15) is 0 Å². The zero-order valence-electron chi connectivity index (χ0n) is 10.1. The minimum Gasteiger partial charge on any atom is -0.207 e. The molecule has 0 N–H and O–H groups in total. The Balaban J connectivity index is 2.20. The lowest BCUT2D eigenvalue weighted by Gasteiger charge is -2.16. The molecule has 0 bridgehead atoms. The van der Waals surface area contributed by atoms with Crippen LogP contribution in [0.4, 0.5) is 8.78 Å². The van der Waals surface area contributed by atoms with E-state index in [1.54, 1.807) is 24.3 Å². The molecular formula is C16H15F2. The van der Waals surface area contributed by atoms with Crippen LogP contribution < -0.4 is 0 Å². The zero-order valence-corrected chi connectivity index (χ0v) is 10.1. The highest BCUT2D eigenvalue weighted by atomic mass is 19.1. The topological polar surface area (TPSA) is 0 Å². The Kier molecular flexibility index (Phi) is 4.08. The SMILES string of the molecule is [CH2]CC(Cc1ccc(F)cc1)c1ccccc1F. The maximum absolute atomic E-state index is 13.7. The molecule has 2 aromatic carbocycles. The van der Waals surface area contributed by atoms with Gasteiger partial charge >= 0.3 is 0 Å². The summed E-state index contributed by atoms with van der Waals surface area (Å²) in [4.78, 5) is 0. The van der Waals surface area contributed by atoms with Crippen molar-refractivity contribution in [2.24, 2.45) is 0 Å². The maximum atomic E-state index is 13.7. The third-order valence-electron chi connectivity index (χ3n) is 3.09. The van der Waals surface area contributed by atoms with Crippen molar-refractivity contribution in [3.63, 3.8) is 0 Å². The van der Waals surface area contributed by atoms with Gasteiger partial charge in [0.15, 0.2) is 0 Å². The molecule has 2 aromatic rings. The molecule has 0 spiro atoms. The summed E-state index contributed by atoms with van der Waals surface area (Å²) in [5.41, 5.74) is 1.67. The minimum atomic E-state index is -0.254. The van der Waals surface area contributed by atoms with Gasteiger partial charge in [-0.1, -0.05) is 37.3 Å². The van der Waals surface area contributed by atoms with E-state index in [0.29, 0.717) is 18.4 Å². The molecule has 0 heterocycles. The maximum Gasteiger partial charge on any atom is 0.126 e. The van der Waals surface area contributed by atoms with E-state index in [4.69, 9.17) is 0 Å². The second-order valence-corrected chi connectivity index (χ2v) is 4.34. The number of hydrogen-bond acceptors (Lipinski definition) is 0. The van der Waals surface area contributed by atoms with E-state index in [0.717, 1.165) is 5.56 Å². The summed E-state index contributed by atoms with van der Waals surface area (Å²) in [6.45, 7) is 3.88. The molecule has 0 nitrogen and oxygen atoms in total. The van der Waals surface area contributed by atoms with E-state index >= 15 is 0 Å². The molecule has 0 saturated heterocycles. The van der Waals surface area contributed by atoms with E-state index < -0.39 is 0 Å². The lowest BCUT2D eigenvalue weighted by atomic mass is 9.89. The van der Waals surface area contributed by atoms with Gasteiger partial charge in [0.2, 0.25) is 0 Å². The van der Waals surface area contributed by atoms with Crippen LogP contribution >= 0.6 is 0 Å². The Morgan fingerprint density at radius 1 is 0.944 bits per heavy atom. The quantitative estimate of drug-likeness (QED) is 0.743. The lowest BCUT2D eigenvalue weighted by Crippen LogP contribution is -2.04. The standard InChI is InChI=1S/C16H15F2/c1-2-13(15-5-3-4-6-16(15)18)11-12-7-9-14(17)10-8-12/h3-10,13H,1-2,11H2. The van der Waals surface area contributed by atoms with Crippen LogP contribution in [0.3, 0.4) is 0 Å². The first-order chi connectivity index (χ1) is 8.70. The fourth-order valence-electron chi connectivity index (χ4n) is 2.08. The summed E-state index contributed by atoms with van der Waals surface area (Å²) in [5.74, 6) is -0.430. The van der Waals surface area contributed by atoms with E-state index in [2.05, 4.69) is 6.92 Å². The summed E-state index contributed by atoms with van der Waals surface area (Å²) in [6.07, 6.45) is 1.28. The molecule has 0 aromatic heterocycles. The molecule has 1 unspecified atom stereocenters. The van der Waals surface area contributed by atoms with Crippen LogP contribution in [0, 0.1) is 18.6 Å². The summed E-state index contributed by atoms with van der Waals surface area (Å²) in [6, 6.07) is 13.1. The lowest BCUT2D eigenvalue weighted by molar-refractivity contribution is 0.573. The first-order valence-corrected chi connectivity index (χ1v) is 5.99. The third kappa shape index (κ3) is 2.95. The van der Waals surface area contributed by atoms with Gasteiger partial charge in [0, 0.05) is 0 Å². The third-order valence-corrected chi connectivity index (χ3v) is 3.09. The van der Waals surface area contributed by atoms with Crippen molar-refractivity contribution in [2.75, 3.05) is 0 Å². The van der Waals surface area contributed by atoms with Crippen molar-refractivity contribution in [1.29, 1.82) is 0 Å². The van der Waals surface area contributed by atoms with E-state index in [9.17, 15) is 8.78 Å². The smallest absolute Gasteiger partial charge is 0.126 e. The Bertz CT molecular complexity index is 503. The average molecular weight is 245 g/mol. The van der Waals surface area contributed by atoms with Crippen LogP contribution in [0.25, 0.3) is 0 Å². The highest BCUT2D eigenvalue weighted by Gasteiger charge is 2.14. The van der Waals surface area contributed by atoms with Crippen molar-refractivity contribution < 1.29 is 8.78 Å². The van der Waals surface area contributed by atoms with Crippen LogP contribution in [0.1, 0.15) is 23.5 Å². The first kappa shape index (κ1) is 12.7. The summed E-state index contributed by atoms with van der Waals surface area (Å²) >= 11 is 0. The van der Waals surface area contributed by atoms with Gasteiger partial charge in [0.25, 0.3) is 0 Å². The van der Waals surface area contributed by atoms with Crippen molar-refractivity contribution in [3.8, 4) is 0 Å². The molecule has 0 amide bonds. The van der Waals surface area contributed by atoms with Crippen molar-refractivity contribution >= 4 is 0 Å². The summed E-state index contributed by atoms with van der Waals surface area (Å²) < 4.78 is 26.5. The minimum absolute atomic E-state index is 0.0247. The highest BCUT2D eigenvalue weighted by Crippen LogP contribution is 2.26. The molecule has 1 atom stereocenters. The number of halogens is 2. The van der Waals surface area contributed by atoms with E-state index in [-0.39, 0.29) is 17.6 Å². The average Bonchev–Trinajstić information content (AvgIpc) is 2.39. The molecule has 2 rings (SSSR count). The summed E-state index contributed by atoms with van der Waals surface area (Å²) in [5, 5.41) is 0. The largest absolute Gasteiger partial charge is 0.207 e. The summed E-state index contributed by atoms with van der Waals surface area (Å²) in [7, 11) is 0. The number of hydrogen-bond donors (Lipinski definition) is 0. The fourth-order valence-corrected chi connectivity index (χ4v) is 2.08. The molecule has 0 aliphatic carbocycles. The normalized spacial score (nSPS) is 12.4. The van der Waals surface area contributed by atoms with Crippen LogP contribution in [-0.4, -0.2) is 0 Å². The van der Waals surface area contributed by atoms with Crippen molar-refractivity contribution in [2.45, 2.75) is 18.8 Å². The molecule has 93 valence electrons. The molecule has 18 heavy (non-hydrogen) atoms. The molecule has 2 heteroatoms. The van der Waals surface area contributed by atoms with Gasteiger partial charge in [0.05, 0.1) is 0 Å². The van der Waals surface area contributed by atoms with E-state index in [1.165, 1.54) is 18.2 Å². The highest BCUT2D eigenvalue weighted by molar-refractivity contribution is 5.26. The van der Waals surface area contributed by atoms with Gasteiger partial charge in [-0.15, -0.1) is 0 Å². The molecule has 0 saturated carbocycles. The predicted molar refractivity (Wildman–Crippen MR) is 69.2 cm³/mol. The molecule has 0 fully saturated rings. The van der Waals surface area contributed by atoms with Gasteiger partial charge in [0.1, 0.15) is 11.6 Å². The van der Waals surface area contributed by atoms with Crippen LogP contribution in [0.5, 0.6) is 0 Å². The zero-order chi connectivity index (χ0) is 13.0. The second-order valence-electron chi connectivity index (χ2n) is 4.34. The van der Waals surface area contributed by atoms with Crippen molar-refractivity contribution in [1.82, 2.24) is 0 Å². The molecule has 0 aliphatic rings. The predicted octanol–water partition coefficient (Wildman–Crippen LogP) is 4.52. The van der Waals surface area contributed by atoms with Crippen LogP contribution in [-0.2, 0) is 6.42 Å². The Labute approximate surface area is 106 Å². The van der Waals surface area contributed by atoms with Gasteiger partial charge in [-0.05, 0) is 48.1 Å². The second kappa shape index (κ2) is 5.76. The number of benzene rings is 2. The molecule has 0 aliphatic heterocycles. The number of rotatable bonds is 4. The fraction of sp³-hybridized carbons (Fsp3) is 0.188.